The van der Waals surface area contributed by atoms with Crippen LogP contribution in [0.4, 0.5) is 11.4 Å². The van der Waals surface area contributed by atoms with Gasteiger partial charge in [0, 0.05) is 32.3 Å². The molecule has 114 valence electrons. The molecule has 0 bridgehead atoms. The molecule has 1 aromatic carbocycles. The van der Waals surface area contributed by atoms with Crippen LogP contribution in [0.3, 0.4) is 0 Å². The van der Waals surface area contributed by atoms with Gasteiger partial charge in [0.15, 0.2) is 0 Å². The monoisotopic (exact) mass is 294 g/mol. The molecular weight excluding hydrogens is 276 g/mol. The predicted octanol–water partition coefficient (Wildman–Crippen LogP) is 1.13. The first-order valence-corrected chi connectivity index (χ1v) is 6.64. The highest BCUT2D eigenvalue weighted by molar-refractivity contribution is 6.00. The van der Waals surface area contributed by atoms with Gasteiger partial charge >= 0.3 is 0 Å². The van der Waals surface area contributed by atoms with Crippen LogP contribution in [0, 0.1) is 10.1 Å². The number of carbonyl (C=O) groups is 1. The maximum absolute atomic E-state index is 12.6. The number of piperidine rings is 1. The summed E-state index contributed by atoms with van der Waals surface area (Å²) in [7, 11) is 1.61. The molecule has 8 heteroatoms. The molecule has 0 aromatic heterocycles. The number of rotatable bonds is 4. The fourth-order valence-corrected chi connectivity index (χ4v) is 2.43. The molecule has 8 nitrogen and oxygen atoms in total. The van der Waals surface area contributed by atoms with E-state index >= 15 is 0 Å². The summed E-state index contributed by atoms with van der Waals surface area (Å²) in [5, 5.41) is 10.9. The summed E-state index contributed by atoms with van der Waals surface area (Å²) < 4.78 is 5.28. The number of likely N-dealkylation sites (tertiary alicyclic amines) is 1. The van der Waals surface area contributed by atoms with Crippen LogP contribution in [0.25, 0.3) is 0 Å². The Morgan fingerprint density at radius 1 is 1.57 bits per heavy atom. The Balaban J connectivity index is 2.28. The van der Waals surface area contributed by atoms with Crippen molar-refractivity contribution in [3.05, 3.63) is 33.9 Å². The van der Waals surface area contributed by atoms with Gasteiger partial charge in [0.1, 0.15) is 0 Å². The molecule has 1 unspecified atom stereocenters. The van der Waals surface area contributed by atoms with Crippen LogP contribution in [0.15, 0.2) is 18.2 Å². The number of carbonyl (C=O) groups excluding carboxylic acids is 1. The number of nitrogens with one attached hydrogen (secondary N) is 1. The number of nitro benzene ring substituents is 1. The van der Waals surface area contributed by atoms with E-state index in [0.29, 0.717) is 18.8 Å². The van der Waals surface area contributed by atoms with E-state index in [1.54, 1.807) is 12.0 Å². The van der Waals surface area contributed by atoms with Crippen LogP contribution in [0.5, 0.6) is 0 Å². The molecule has 1 fully saturated rings. The van der Waals surface area contributed by atoms with E-state index in [4.69, 9.17) is 10.6 Å². The second kappa shape index (κ2) is 6.51. The van der Waals surface area contributed by atoms with Gasteiger partial charge in [-0.05, 0) is 18.9 Å². The third kappa shape index (κ3) is 3.29. The SMILES string of the molecule is COC1CCCN(C(=O)c2cc([N+](=O)[O-])ccc2NN)C1. The number of non-ortho nitro benzene ring substituents is 1. The van der Waals surface area contributed by atoms with Crippen molar-refractivity contribution in [1.82, 2.24) is 4.90 Å². The highest BCUT2D eigenvalue weighted by atomic mass is 16.6. The van der Waals surface area contributed by atoms with E-state index in [9.17, 15) is 14.9 Å². The number of nitrogens with zero attached hydrogens (tertiary/aromatic N) is 2. The lowest BCUT2D eigenvalue weighted by Crippen LogP contribution is -2.43. The van der Waals surface area contributed by atoms with E-state index in [1.807, 2.05) is 0 Å². The van der Waals surface area contributed by atoms with Gasteiger partial charge in [-0.25, -0.2) is 0 Å². The fourth-order valence-electron chi connectivity index (χ4n) is 2.43. The van der Waals surface area contributed by atoms with Crippen molar-refractivity contribution in [2.24, 2.45) is 5.84 Å². The van der Waals surface area contributed by atoms with Gasteiger partial charge in [0.25, 0.3) is 11.6 Å². The first kappa shape index (κ1) is 15.2. The number of anilines is 1. The summed E-state index contributed by atoms with van der Waals surface area (Å²) in [5.41, 5.74) is 2.83. The molecule has 0 saturated carbocycles. The minimum absolute atomic E-state index is 0.00400. The van der Waals surface area contributed by atoms with Crippen LogP contribution >= 0.6 is 0 Å². The van der Waals surface area contributed by atoms with Gasteiger partial charge in [0.2, 0.25) is 0 Å². The van der Waals surface area contributed by atoms with Crippen molar-refractivity contribution in [2.45, 2.75) is 18.9 Å². The van der Waals surface area contributed by atoms with Crippen LogP contribution in [-0.4, -0.2) is 42.0 Å². The summed E-state index contributed by atoms with van der Waals surface area (Å²) >= 11 is 0. The molecular formula is C13H18N4O4. The van der Waals surface area contributed by atoms with Gasteiger partial charge in [-0.1, -0.05) is 0 Å². The van der Waals surface area contributed by atoms with Gasteiger partial charge < -0.3 is 15.1 Å². The molecule has 1 saturated heterocycles. The summed E-state index contributed by atoms with van der Waals surface area (Å²) in [6, 6.07) is 3.98. The van der Waals surface area contributed by atoms with Gasteiger partial charge in [-0.3, -0.25) is 20.8 Å². The molecule has 3 N–H and O–H groups in total. The first-order valence-electron chi connectivity index (χ1n) is 6.64. The average molecular weight is 294 g/mol. The number of nitrogen functional groups attached to an aromatic ring is 1. The third-order valence-electron chi connectivity index (χ3n) is 3.60. The number of nitrogens with two attached hydrogens (primary N) is 1. The number of nitro groups is 1. The fraction of sp³-hybridized carbons (Fsp3) is 0.462. The second-order valence-electron chi connectivity index (χ2n) is 4.88. The number of amides is 1. The van der Waals surface area contributed by atoms with E-state index < -0.39 is 4.92 Å². The lowest BCUT2D eigenvalue weighted by molar-refractivity contribution is -0.384. The number of hydrogen-bond acceptors (Lipinski definition) is 6. The molecule has 1 atom stereocenters. The minimum Gasteiger partial charge on any atom is -0.380 e. The normalized spacial score (nSPS) is 18.4. The molecule has 2 rings (SSSR count). The Labute approximate surface area is 122 Å². The first-order chi connectivity index (χ1) is 10.1. The van der Waals surface area contributed by atoms with Crippen LogP contribution in [0.2, 0.25) is 0 Å². The number of benzene rings is 1. The molecule has 1 heterocycles. The minimum atomic E-state index is -0.536. The zero-order valence-corrected chi connectivity index (χ0v) is 11.7. The second-order valence-corrected chi connectivity index (χ2v) is 4.88. The molecule has 1 aliphatic rings. The molecule has 0 aliphatic carbocycles. The summed E-state index contributed by atoms with van der Waals surface area (Å²) in [4.78, 5) is 24.5. The highest BCUT2D eigenvalue weighted by Crippen LogP contribution is 2.24. The average Bonchev–Trinajstić information content (AvgIpc) is 2.53. The zero-order valence-electron chi connectivity index (χ0n) is 11.7. The van der Waals surface area contributed by atoms with Crippen molar-refractivity contribution in [2.75, 3.05) is 25.6 Å². The number of methoxy groups -OCH3 is 1. The predicted molar refractivity (Wildman–Crippen MR) is 76.8 cm³/mol. The van der Waals surface area contributed by atoms with E-state index in [1.165, 1.54) is 18.2 Å². The summed E-state index contributed by atoms with van der Waals surface area (Å²) in [6.07, 6.45) is 1.73. The molecule has 21 heavy (non-hydrogen) atoms. The van der Waals surface area contributed by atoms with Crippen molar-refractivity contribution in [1.29, 1.82) is 0 Å². The number of hydrogen-bond donors (Lipinski definition) is 2. The lowest BCUT2D eigenvalue weighted by atomic mass is 10.1. The lowest BCUT2D eigenvalue weighted by Gasteiger charge is -2.32. The van der Waals surface area contributed by atoms with E-state index in [2.05, 4.69) is 5.43 Å². The maximum atomic E-state index is 12.6. The molecule has 1 amide bonds. The molecule has 0 radical (unpaired) electrons. The van der Waals surface area contributed by atoms with Gasteiger partial charge in [-0.2, -0.15) is 0 Å². The van der Waals surface area contributed by atoms with Crippen LogP contribution < -0.4 is 11.3 Å². The molecule has 1 aromatic rings. The van der Waals surface area contributed by atoms with Gasteiger partial charge in [-0.15, -0.1) is 0 Å². The van der Waals surface area contributed by atoms with Crippen molar-refractivity contribution >= 4 is 17.3 Å². The third-order valence-corrected chi connectivity index (χ3v) is 3.60. The van der Waals surface area contributed by atoms with Gasteiger partial charge in [0.05, 0.1) is 22.3 Å². The summed E-state index contributed by atoms with van der Waals surface area (Å²) in [5.74, 6) is 5.10. The van der Waals surface area contributed by atoms with Crippen LogP contribution in [0.1, 0.15) is 23.2 Å². The Bertz CT molecular complexity index is 549. The smallest absolute Gasteiger partial charge is 0.270 e. The standard InChI is InChI=1S/C13H18N4O4/c1-21-10-3-2-6-16(8-10)13(18)11-7-9(17(19)20)4-5-12(11)15-14/h4-5,7,10,15H,2-3,6,8,14H2,1H3. The Morgan fingerprint density at radius 2 is 2.33 bits per heavy atom. The zero-order chi connectivity index (χ0) is 15.4. The van der Waals surface area contributed by atoms with E-state index in [0.717, 1.165) is 12.8 Å². The largest absolute Gasteiger partial charge is 0.380 e. The molecule has 1 aliphatic heterocycles. The number of hydrazine groups is 1. The maximum Gasteiger partial charge on any atom is 0.270 e. The van der Waals surface area contributed by atoms with Crippen molar-refractivity contribution in [3.63, 3.8) is 0 Å². The van der Waals surface area contributed by atoms with E-state index in [-0.39, 0.29) is 23.3 Å². The Hall–Kier alpha value is -2.19. The topological polar surface area (TPSA) is 111 Å². The summed E-state index contributed by atoms with van der Waals surface area (Å²) in [6.45, 7) is 1.08. The Kier molecular flexibility index (Phi) is 4.71. The van der Waals surface area contributed by atoms with Crippen LogP contribution in [-0.2, 0) is 4.74 Å². The van der Waals surface area contributed by atoms with Crippen molar-refractivity contribution < 1.29 is 14.5 Å². The highest BCUT2D eigenvalue weighted by Gasteiger charge is 2.26. The van der Waals surface area contributed by atoms with Crippen molar-refractivity contribution in [3.8, 4) is 0 Å². The molecule has 0 spiro atoms. The number of ether oxygens (including phenoxy) is 1. The Morgan fingerprint density at radius 3 is 2.95 bits per heavy atom. The quantitative estimate of drug-likeness (QED) is 0.489.